The summed E-state index contributed by atoms with van der Waals surface area (Å²) in [5, 5.41) is 1.11. The van der Waals surface area contributed by atoms with Gasteiger partial charge in [-0.3, -0.25) is 14.6 Å². The molecule has 184 valence electrons. The highest BCUT2D eigenvalue weighted by Gasteiger charge is 2.28. The minimum Gasteiger partial charge on any atom is -0.495 e. The average molecular weight is 473 g/mol. The van der Waals surface area contributed by atoms with E-state index in [4.69, 9.17) is 9.72 Å². The number of carbonyl (C=O) groups is 1. The second-order valence-electron chi connectivity index (χ2n) is 9.69. The molecule has 35 heavy (non-hydrogen) atoms. The lowest BCUT2D eigenvalue weighted by Gasteiger charge is -2.37. The van der Waals surface area contributed by atoms with Crippen LogP contribution < -0.4 is 14.5 Å². The molecule has 0 N–H and O–H groups in total. The van der Waals surface area contributed by atoms with Crippen molar-refractivity contribution in [1.82, 2.24) is 9.88 Å². The Hall–Kier alpha value is -3.12. The number of amides is 1. The first kappa shape index (κ1) is 23.6. The highest BCUT2D eigenvalue weighted by Crippen LogP contribution is 2.29. The van der Waals surface area contributed by atoms with E-state index in [0.717, 1.165) is 86.6 Å². The quantitative estimate of drug-likeness (QED) is 0.485. The molecule has 6 nitrogen and oxygen atoms in total. The zero-order chi connectivity index (χ0) is 24.0. The van der Waals surface area contributed by atoms with Crippen LogP contribution in [0.25, 0.3) is 10.9 Å². The van der Waals surface area contributed by atoms with E-state index in [-0.39, 0.29) is 11.8 Å². The molecular weight excluding hydrogens is 436 g/mol. The Morgan fingerprint density at radius 2 is 1.69 bits per heavy atom. The number of pyridine rings is 1. The van der Waals surface area contributed by atoms with Crippen LogP contribution in [-0.4, -0.2) is 62.2 Å². The van der Waals surface area contributed by atoms with Gasteiger partial charge in [0.15, 0.2) is 0 Å². The molecule has 2 aromatic carbocycles. The molecule has 0 bridgehead atoms. The van der Waals surface area contributed by atoms with E-state index < -0.39 is 0 Å². The number of carbonyl (C=O) groups excluding carboxylic acids is 1. The maximum absolute atomic E-state index is 13.7. The molecule has 1 aliphatic carbocycles. The van der Waals surface area contributed by atoms with Crippen molar-refractivity contribution in [3.05, 3.63) is 60.7 Å². The number of anilines is 2. The van der Waals surface area contributed by atoms with E-state index in [9.17, 15) is 4.79 Å². The van der Waals surface area contributed by atoms with Gasteiger partial charge >= 0.3 is 0 Å². The number of hydrogen-bond donors (Lipinski definition) is 0. The first-order chi connectivity index (χ1) is 17.2. The number of aromatic nitrogens is 1. The summed E-state index contributed by atoms with van der Waals surface area (Å²) in [5.74, 6) is 2.08. The van der Waals surface area contributed by atoms with E-state index in [1.54, 1.807) is 7.11 Å². The summed E-state index contributed by atoms with van der Waals surface area (Å²) in [4.78, 5) is 25.4. The molecule has 3 aromatic rings. The van der Waals surface area contributed by atoms with Crippen molar-refractivity contribution in [2.75, 3.05) is 56.2 Å². The number of fused-ring (bicyclic) bond motifs is 1. The largest absolute Gasteiger partial charge is 0.495 e. The molecule has 1 aliphatic heterocycles. The number of piperazine rings is 1. The van der Waals surface area contributed by atoms with Crippen LogP contribution in [0.1, 0.15) is 32.1 Å². The molecule has 6 heteroatoms. The van der Waals surface area contributed by atoms with Crippen molar-refractivity contribution in [3.63, 3.8) is 0 Å². The Morgan fingerprint density at radius 3 is 2.49 bits per heavy atom. The third kappa shape index (κ3) is 5.43. The maximum Gasteiger partial charge on any atom is 0.231 e. The molecule has 0 spiro atoms. The summed E-state index contributed by atoms with van der Waals surface area (Å²) in [7, 11) is 1.73. The molecule has 0 unspecified atom stereocenters. The van der Waals surface area contributed by atoms with Crippen LogP contribution in [-0.2, 0) is 4.79 Å². The van der Waals surface area contributed by atoms with Crippen LogP contribution in [0.2, 0.25) is 0 Å². The molecule has 0 atom stereocenters. The van der Waals surface area contributed by atoms with E-state index >= 15 is 0 Å². The lowest BCUT2D eigenvalue weighted by molar-refractivity contribution is -0.123. The van der Waals surface area contributed by atoms with Crippen molar-refractivity contribution in [2.45, 2.75) is 32.1 Å². The van der Waals surface area contributed by atoms with Gasteiger partial charge in [0, 0.05) is 50.6 Å². The topological polar surface area (TPSA) is 48.9 Å². The van der Waals surface area contributed by atoms with E-state index in [1.807, 2.05) is 41.3 Å². The van der Waals surface area contributed by atoms with E-state index in [1.165, 1.54) is 6.42 Å². The summed E-state index contributed by atoms with van der Waals surface area (Å²) in [5.41, 5.74) is 2.10. The average Bonchev–Trinajstić information content (AvgIpc) is 2.93. The van der Waals surface area contributed by atoms with E-state index in [2.05, 4.69) is 34.1 Å². The Morgan fingerprint density at radius 1 is 0.943 bits per heavy atom. The molecule has 2 fully saturated rings. The predicted octanol–water partition coefficient (Wildman–Crippen LogP) is 4.98. The van der Waals surface area contributed by atoms with Gasteiger partial charge in [-0.1, -0.05) is 49.6 Å². The molecule has 1 aromatic heterocycles. The molecule has 2 aliphatic rings. The van der Waals surface area contributed by atoms with Crippen molar-refractivity contribution in [3.8, 4) is 5.75 Å². The van der Waals surface area contributed by atoms with Crippen molar-refractivity contribution < 1.29 is 9.53 Å². The number of ether oxygens (including phenoxy) is 1. The summed E-state index contributed by atoms with van der Waals surface area (Å²) < 4.78 is 5.56. The monoisotopic (exact) mass is 472 g/mol. The standard InChI is InChI=1S/C29H36N4O2/c1-35-27-14-8-7-13-26(27)32-20-17-31(18-21-32)19-22-33(29(34)24-10-3-2-4-11-24)28-16-15-23-9-5-6-12-25(23)30-28/h5-9,12-16,24H,2-4,10-11,17-22H2,1H3. The molecule has 1 saturated heterocycles. The van der Waals surface area contributed by atoms with Gasteiger partial charge in [0.05, 0.1) is 18.3 Å². The van der Waals surface area contributed by atoms with E-state index in [0.29, 0.717) is 6.54 Å². The van der Waals surface area contributed by atoms with Crippen LogP contribution in [0, 0.1) is 5.92 Å². The Bertz CT molecular complexity index is 1140. The molecule has 1 saturated carbocycles. The molecule has 0 radical (unpaired) electrons. The summed E-state index contributed by atoms with van der Waals surface area (Å²) in [6.45, 7) is 5.36. The summed E-state index contributed by atoms with van der Waals surface area (Å²) in [6, 6.07) is 20.5. The SMILES string of the molecule is COc1ccccc1N1CCN(CCN(C(=O)C2CCCCC2)c2ccc3ccccc3n2)CC1. The lowest BCUT2D eigenvalue weighted by atomic mass is 9.88. The fourth-order valence-corrected chi connectivity index (χ4v) is 5.46. The number of benzene rings is 2. The number of hydrogen-bond acceptors (Lipinski definition) is 5. The van der Waals surface area contributed by atoms with Crippen LogP contribution >= 0.6 is 0 Å². The number of rotatable bonds is 7. The zero-order valence-corrected chi connectivity index (χ0v) is 20.7. The van der Waals surface area contributed by atoms with Gasteiger partial charge in [-0.15, -0.1) is 0 Å². The molecule has 2 heterocycles. The highest BCUT2D eigenvalue weighted by atomic mass is 16.5. The maximum atomic E-state index is 13.7. The number of para-hydroxylation sites is 3. The van der Waals surface area contributed by atoms with Crippen molar-refractivity contribution >= 4 is 28.3 Å². The van der Waals surface area contributed by atoms with Crippen LogP contribution in [0.3, 0.4) is 0 Å². The smallest absolute Gasteiger partial charge is 0.231 e. The van der Waals surface area contributed by atoms with Crippen LogP contribution in [0.4, 0.5) is 11.5 Å². The normalized spacial score (nSPS) is 17.5. The highest BCUT2D eigenvalue weighted by molar-refractivity contribution is 5.95. The third-order valence-corrected chi connectivity index (χ3v) is 7.52. The van der Waals surface area contributed by atoms with Crippen molar-refractivity contribution in [1.29, 1.82) is 0 Å². The number of methoxy groups -OCH3 is 1. The third-order valence-electron chi connectivity index (χ3n) is 7.52. The number of nitrogens with zero attached hydrogens (tertiary/aromatic N) is 4. The zero-order valence-electron chi connectivity index (χ0n) is 20.7. The Labute approximate surface area is 208 Å². The second-order valence-corrected chi connectivity index (χ2v) is 9.69. The van der Waals surface area contributed by atoms with Gasteiger partial charge < -0.3 is 9.64 Å². The molecule has 5 rings (SSSR count). The Balaban J connectivity index is 1.27. The second kappa shape index (κ2) is 11.1. The molecular formula is C29H36N4O2. The fraction of sp³-hybridized carbons (Fsp3) is 0.448. The van der Waals surface area contributed by atoms with Crippen LogP contribution in [0.15, 0.2) is 60.7 Å². The van der Waals surface area contributed by atoms with Crippen LogP contribution in [0.5, 0.6) is 5.75 Å². The predicted molar refractivity (Wildman–Crippen MR) is 142 cm³/mol. The fourth-order valence-electron chi connectivity index (χ4n) is 5.46. The van der Waals surface area contributed by atoms with Gasteiger partial charge in [0.25, 0.3) is 0 Å². The molecule has 1 amide bonds. The van der Waals surface area contributed by atoms with Gasteiger partial charge in [0.2, 0.25) is 5.91 Å². The first-order valence-corrected chi connectivity index (χ1v) is 13.0. The minimum atomic E-state index is 0.124. The van der Waals surface area contributed by atoms with Gasteiger partial charge in [-0.25, -0.2) is 4.98 Å². The van der Waals surface area contributed by atoms with Crippen molar-refractivity contribution in [2.24, 2.45) is 5.92 Å². The van der Waals surface area contributed by atoms with Gasteiger partial charge in [0.1, 0.15) is 11.6 Å². The Kier molecular flexibility index (Phi) is 7.48. The minimum absolute atomic E-state index is 0.124. The lowest BCUT2D eigenvalue weighted by Crippen LogP contribution is -2.50. The first-order valence-electron chi connectivity index (χ1n) is 13.0. The van der Waals surface area contributed by atoms with Gasteiger partial charge in [-0.05, 0) is 43.2 Å². The summed E-state index contributed by atoms with van der Waals surface area (Å²) in [6.07, 6.45) is 5.55. The van der Waals surface area contributed by atoms with Gasteiger partial charge in [-0.2, -0.15) is 0 Å². The summed E-state index contributed by atoms with van der Waals surface area (Å²) >= 11 is 0.